The van der Waals surface area contributed by atoms with Crippen molar-refractivity contribution in [3.05, 3.63) is 74.9 Å². The Morgan fingerprint density at radius 2 is 1.81 bits per heavy atom. The van der Waals surface area contributed by atoms with E-state index in [1.807, 2.05) is 5.38 Å². The summed E-state index contributed by atoms with van der Waals surface area (Å²) in [6.45, 7) is 1.80. The third kappa shape index (κ3) is 4.14. The Kier molecular flexibility index (Phi) is 5.45. The summed E-state index contributed by atoms with van der Waals surface area (Å²) in [6, 6.07) is 15.0. The Morgan fingerprint density at radius 3 is 2.46 bits per heavy atom. The lowest BCUT2D eigenvalue weighted by Crippen LogP contribution is -2.15. The van der Waals surface area contributed by atoms with E-state index < -0.39 is 10.0 Å². The lowest BCUT2D eigenvalue weighted by Gasteiger charge is -2.13. The fraction of sp³-hybridized carbons (Fsp3) is 0.0556. The number of carbonyl (C=O) groups excluding carboxylic acids is 1. The van der Waals surface area contributed by atoms with Crippen molar-refractivity contribution in [1.29, 1.82) is 0 Å². The molecule has 134 valence electrons. The molecule has 8 heteroatoms. The van der Waals surface area contributed by atoms with Crippen molar-refractivity contribution in [2.75, 3.05) is 10.0 Å². The summed E-state index contributed by atoms with van der Waals surface area (Å²) in [7, 11) is -3.70. The van der Waals surface area contributed by atoms with Gasteiger partial charge < -0.3 is 5.32 Å². The summed E-state index contributed by atoms with van der Waals surface area (Å²) in [5.74, 6) is -0.257. The molecule has 0 radical (unpaired) electrons. The molecule has 1 amide bonds. The molecule has 0 aliphatic heterocycles. The van der Waals surface area contributed by atoms with Crippen LogP contribution in [0, 0.1) is 6.92 Å². The van der Waals surface area contributed by atoms with E-state index >= 15 is 0 Å². The minimum atomic E-state index is -3.70. The maximum Gasteiger partial charge on any atom is 0.266 e. The largest absolute Gasteiger partial charge is 0.321 e. The minimum Gasteiger partial charge on any atom is -0.321 e. The summed E-state index contributed by atoms with van der Waals surface area (Å²) in [4.78, 5) is 13.1. The van der Waals surface area contributed by atoms with Gasteiger partial charge in [-0.05, 0) is 64.1 Å². The average Bonchev–Trinajstić information content (AvgIpc) is 3.04. The van der Waals surface area contributed by atoms with E-state index in [1.165, 1.54) is 23.5 Å². The van der Waals surface area contributed by atoms with Crippen LogP contribution < -0.4 is 10.0 Å². The molecule has 0 aliphatic carbocycles. The molecule has 0 saturated carbocycles. The highest BCUT2D eigenvalue weighted by Crippen LogP contribution is 2.26. The fourth-order valence-corrected chi connectivity index (χ4v) is 4.85. The second-order valence-electron chi connectivity index (χ2n) is 5.50. The van der Waals surface area contributed by atoms with Gasteiger partial charge in [0.15, 0.2) is 0 Å². The number of aryl methyl sites for hydroxylation is 1. The number of amides is 1. The molecule has 2 N–H and O–H groups in total. The van der Waals surface area contributed by atoms with E-state index in [1.54, 1.807) is 49.4 Å². The smallest absolute Gasteiger partial charge is 0.266 e. The van der Waals surface area contributed by atoms with E-state index in [0.29, 0.717) is 16.3 Å². The van der Waals surface area contributed by atoms with E-state index in [0.717, 1.165) is 10.0 Å². The molecule has 2 aromatic carbocycles. The zero-order valence-electron chi connectivity index (χ0n) is 13.7. The Bertz CT molecular complexity index is 1050. The third-order valence-corrected chi connectivity index (χ3v) is 6.83. The van der Waals surface area contributed by atoms with Crippen LogP contribution in [0.25, 0.3) is 0 Å². The van der Waals surface area contributed by atoms with Crippen molar-refractivity contribution in [2.24, 2.45) is 0 Å². The normalized spacial score (nSPS) is 11.2. The zero-order chi connectivity index (χ0) is 18.7. The van der Waals surface area contributed by atoms with Gasteiger partial charge in [0.25, 0.3) is 15.9 Å². The number of sulfonamides is 1. The van der Waals surface area contributed by atoms with Gasteiger partial charge in [0.2, 0.25) is 0 Å². The number of hydrogen-bond acceptors (Lipinski definition) is 4. The molecule has 0 atom stereocenters. The molecule has 1 aromatic heterocycles. The first-order valence-corrected chi connectivity index (χ1v) is 10.8. The van der Waals surface area contributed by atoms with Crippen LogP contribution in [0.2, 0.25) is 0 Å². The second kappa shape index (κ2) is 7.61. The minimum absolute atomic E-state index is 0.177. The number of nitrogens with one attached hydrogen (secondary N) is 2. The molecule has 3 aromatic rings. The summed E-state index contributed by atoms with van der Waals surface area (Å²) >= 11 is 4.65. The van der Waals surface area contributed by atoms with Gasteiger partial charge in [0.05, 0.1) is 10.6 Å². The molecule has 1 heterocycles. The van der Waals surface area contributed by atoms with Crippen LogP contribution >= 0.6 is 27.3 Å². The summed E-state index contributed by atoms with van der Waals surface area (Å²) in [5, 5.41) is 4.60. The molecule has 0 spiro atoms. The van der Waals surface area contributed by atoms with E-state index in [-0.39, 0.29) is 10.8 Å². The highest BCUT2D eigenvalue weighted by atomic mass is 79.9. The van der Waals surface area contributed by atoms with Gasteiger partial charge in [-0.1, -0.05) is 24.3 Å². The lowest BCUT2D eigenvalue weighted by molar-refractivity contribution is 0.103. The van der Waals surface area contributed by atoms with Crippen LogP contribution in [-0.2, 0) is 10.0 Å². The lowest BCUT2D eigenvalue weighted by atomic mass is 10.2. The number of thiophene rings is 1. The van der Waals surface area contributed by atoms with Crippen molar-refractivity contribution in [3.8, 4) is 0 Å². The van der Waals surface area contributed by atoms with Gasteiger partial charge in [-0.3, -0.25) is 9.52 Å². The average molecular weight is 451 g/mol. The first kappa shape index (κ1) is 18.6. The van der Waals surface area contributed by atoms with Gasteiger partial charge in [-0.15, -0.1) is 11.3 Å². The number of anilines is 2. The summed E-state index contributed by atoms with van der Waals surface area (Å²) < 4.78 is 28.3. The highest BCUT2D eigenvalue weighted by molar-refractivity contribution is 9.10. The van der Waals surface area contributed by atoms with Gasteiger partial charge >= 0.3 is 0 Å². The topological polar surface area (TPSA) is 75.3 Å². The first-order chi connectivity index (χ1) is 12.4. The molecule has 0 bridgehead atoms. The van der Waals surface area contributed by atoms with E-state index in [4.69, 9.17) is 0 Å². The predicted octanol–water partition coefficient (Wildman–Crippen LogP) is 4.87. The number of rotatable bonds is 5. The Labute approximate surface area is 164 Å². The van der Waals surface area contributed by atoms with Crippen LogP contribution in [0.15, 0.2) is 69.3 Å². The SMILES string of the molecule is Cc1ccc(NC(=O)c2sccc2Br)cc1NS(=O)(=O)c1ccccc1. The van der Waals surface area contributed by atoms with Gasteiger partial charge in [-0.2, -0.15) is 0 Å². The molecular formula is C18H15BrN2O3S2. The van der Waals surface area contributed by atoms with Crippen LogP contribution in [0.1, 0.15) is 15.2 Å². The number of hydrogen-bond donors (Lipinski definition) is 2. The standard InChI is InChI=1S/C18H15BrN2O3S2/c1-12-7-8-13(20-18(22)17-15(19)9-10-25-17)11-16(12)21-26(23,24)14-5-3-2-4-6-14/h2-11,21H,1H3,(H,20,22). The maximum atomic E-state index is 12.5. The monoisotopic (exact) mass is 450 g/mol. The van der Waals surface area contributed by atoms with Crippen molar-refractivity contribution in [2.45, 2.75) is 11.8 Å². The summed E-state index contributed by atoms with van der Waals surface area (Å²) in [6.07, 6.45) is 0. The van der Waals surface area contributed by atoms with Crippen LogP contribution in [0.4, 0.5) is 11.4 Å². The summed E-state index contributed by atoms with van der Waals surface area (Å²) in [5.41, 5.74) is 1.67. The zero-order valence-corrected chi connectivity index (χ0v) is 16.9. The van der Waals surface area contributed by atoms with Crippen LogP contribution in [-0.4, -0.2) is 14.3 Å². The van der Waals surface area contributed by atoms with Crippen molar-refractivity contribution < 1.29 is 13.2 Å². The van der Waals surface area contributed by atoms with Gasteiger partial charge in [0.1, 0.15) is 4.88 Å². The number of carbonyl (C=O) groups is 1. The molecular weight excluding hydrogens is 436 g/mol. The molecule has 0 aliphatic rings. The predicted molar refractivity (Wildman–Crippen MR) is 108 cm³/mol. The van der Waals surface area contributed by atoms with Crippen molar-refractivity contribution in [3.63, 3.8) is 0 Å². The molecule has 3 rings (SSSR count). The fourth-order valence-electron chi connectivity index (χ4n) is 2.26. The molecule has 0 saturated heterocycles. The molecule has 0 fully saturated rings. The Hall–Kier alpha value is -2.16. The molecule has 5 nitrogen and oxygen atoms in total. The van der Waals surface area contributed by atoms with Crippen LogP contribution in [0.5, 0.6) is 0 Å². The molecule has 26 heavy (non-hydrogen) atoms. The maximum absolute atomic E-state index is 12.5. The van der Waals surface area contributed by atoms with E-state index in [2.05, 4.69) is 26.0 Å². The molecule has 0 unspecified atom stereocenters. The highest BCUT2D eigenvalue weighted by Gasteiger charge is 2.16. The second-order valence-corrected chi connectivity index (χ2v) is 8.95. The Morgan fingerprint density at radius 1 is 1.08 bits per heavy atom. The van der Waals surface area contributed by atoms with Gasteiger partial charge in [0, 0.05) is 10.2 Å². The van der Waals surface area contributed by atoms with Crippen LogP contribution in [0.3, 0.4) is 0 Å². The Balaban J connectivity index is 1.84. The van der Waals surface area contributed by atoms with Crippen molar-refractivity contribution in [1.82, 2.24) is 0 Å². The first-order valence-electron chi connectivity index (χ1n) is 7.60. The van der Waals surface area contributed by atoms with E-state index in [9.17, 15) is 13.2 Å². The quantitative estimate of drug-likeness (QED) is 0.581. The third-order valence-electron chi connectivity index (χ3n) is 3.62. The number of benzene rings is 2. The van der Waals surface area contributed by atoms with Gasteiger partial charge in [-0.25, -0.2) is 8.42 Å². The van der Waals surface area contributed by atoms with Crippen molar-refractivity contribution >= 4 is 54.6 Å². The number of halogens is 1.